The maximum absolute atomic E-state index is 13.1. The fourth-order valence-electron chi connectivity index (χ4n) is 7.70. The second kappa shape index (κ2) is 7.60. The van der Waals surface area contributed by atoms with Crippen molar-refractivity contribution in [2.75, 3.05) is 0 Å². The molecule has 4 rings (SSSR count). The first-order valence-corrected chi connectivity index (χ1v) is 11.6. The van der Waals surface area contributed by atoms with Crippen LogP contribution >= 0.6 is 0 Å². The zero-order chi connectivity index (χ0) is 24.7. The molecule has 1 saturated heterocycles. The molecular formula is C24H34O9. The molecule has 4 aliphatic rings. The fourth-order valence-corrected chi connectivity index (χ4v) is 7.70. The van der Waals surface area contributed by atoms with Crippen LogP contribution in [0, 0.1) is 28.6 Å². The van der Waals surface area contributed by atoms with E-state index in [0.717, 1.165) is 0 Å². The van der Waals surface area contributed by atoms with Crippen molar-refractivity contribution >= 4 is 17.7 Å². The fraction of sp³-hybridized carbons (Fsp3) is 0.792. The van der Waals surface area contributed by atoms with Crippen molar-refractivity contribution in [1.29, 1.82) is 0 Å². The van der Waals surface area contributed by atoms with Crippen LogP contribution in [-0.2, 0) is 23.9 Å². The molecule has 1 heterocycles. The van der Waals surface area contributed by atoms with Gasteiger partial charge in [0.15, 0.2) is 5.78 Å². The van der Waals surface area contributed by atoms with Crippen molar-refractivity contribution in [2.45, 2.75) is 90.0 Å². The summed E-state index contributed by atoms with van der Waals surface area (Å²) in [5.74, 6) is -4.44. The third kappa shape index (κ3) is 3.02. The van der Waals surface area contributed by atoms with E-state index in [-0.39, 0.29) is 12.8 Å². The molecule has 0 aromatic rings. The van der Waals surface area contributed by atoms with Gasteiger partial charge in [0.1, 0.15) is 18.3 Å². The van der Waals surface area contributed by atoms with Gasteiger partial charge in [-0.2, -0.15) is 0 Å². The number of aliphatic hydroxyl groups is 4. The van der Waals surface area contributed by atoms with Crippen LogP contribution in [-0.4, -0.2) is 74.3 Å². The van der Waals surface area contributed by atoms with Crippen LogP contribution < -0.4 is 0 Å². The maximum Gasteiger partial charge on any atom is 0.348 e. The predicted octanol–water partition coefficient (Wildman–Crippen LogP) is 0.265. The largest absolute Gasteiger partial charge is 0.459 e. The molecule has 9 nitrogen and oxygen atoms in total. The highest BCUT2D eigenvalue weighted by molar-refractivity contribution is 5.96. The molecule has 1 aliphatic heterocycles. The molecule has 0 spiro atoms. The zero-order valence-electron chi connectivity index (χ0n) is 19.6. The summed E-state index contributed by atoms with van der Waals surface area (Å²) in [7, 11) is 0. The molecule has 7 unspecified atom stereocenters. The Balaban J connectivity index is 1.92. The number of hydrogen-bond acceptors (Lipinski definition) is 9. The number of hydrogen-bond donors (Lipinski definition) is 4. The van der Waals surface area contributed by atoms with Crippen LogP contribution in [0.15, 0.2) is 11.6 Å². The van der Waals surface area contributed by atoms with Gasteiger partial charge < -0.3 is 29.9 Å². The molecule has 184 valence electrons. The van der Waals surface area contributed by atoms with Crippen molar-refractivity contribution in [1.82, 2.24) is 0 Å². The summed E-state index contributed by atoms with van der Waals surface area (Å²) in [6, 6.07) is 0. The summed E-state index contributed by atoms with van der Waals surface area (Å²) < 4.78 is 11.3. The standard InChI is InChI=1S/C24H34O9/c1-6-7-14(26)33-16-18-23(4)13(32-21(16)30)9-11-10(2)8-12(25)19(28)22(11,3)17(23)15(27)20(29)24(18,5)31/h8,11,13,15-20,27-29,31H,6-7,9H2,1-5H3/t11-,13?,15?,16?,17+,18?,19?,20-,22?,23?,24+/m0/s1. The number of ketones is 1. The van der Waals surface area contributed by atoms with Crippen molar-refractivity contribution in [2.24, 2.45) is 28.6 Å². The number of fused-ring (bicyclic) bond motifs is 2. The Morgan fingerprint density at radius 3 is 2.39 bits per heavy atom. The first kappa shape index (κ1) is 24.3. The monoisotopic (exact) mass is 466 g/mol. The minimum Gasteiger partial charge on any atom is -0.459 e. The topological polar surface area (TPSA) is 151 Å². The lowest BCUT2D eigenvalue weighted by atomic mass is 9.37. The van der Waals surface area contributed by atoms with Gasteiger partial charge in [-0.1, -0.05) is 26.3 Å². The lowest BCUT2D eigenvalue weighted by molar-refractivity contribution is -0.336. The Kier molecular flexibility index (Phi) is 5.60. The Labute approximate surface area is 192 Å². The van der Waals surface area contributed by atoms with Gasteiger partial charge in [0.25, 0.3) is 0 Å². The summed E-state index contributed by atoms with van der Waals surface area (Å²) in [6.45, 7) is 8.27. The number of carbonyl (C=O) groups is 3. The molecule has 4 N–H and O–H groups in total. The summed E-state index contributed by atoms with van der Waals surface area (Å²) in [6.07, 6.45) is -4.83. The zero-order valence-corrected chi connectivity index (χ0v) is 19.6. The summed E-state index contributed by atoms with van der Waals surface area (Å²) in [5.41, 5.74) is -3.75. The number of rotatable bonds is 3. The molecule has 0 aromatic carbocycles. The van der Waals surface area contributed by atoms with Crippen LogP contribution in [0.4, 0.5) is 0 Å². The molecule has 9 heteroatoms. The molecule has 2 saturated carbocycles. The molecule has 3 fully saturated rings. The highest BCUT2D eigenvalue weighted by Gasteiger charge is 2.77. The molecule has 0 aromatic heterocycles. The summed E-state index contributed by atoms with van der Waals surface area (Å²) in [4.78, 5) is 38.1. The molecule has 11 atom stereocenters. The highest BCUT2D eigenvalue weighted by Crippen LogP contribution is 2.69. The lowest BCUT2D eigenvalue weighted by Crippen LogP contribution is -2.80. The second-order valence-electron chi connectivity index (χ2n) is 10.9. The first-order valence-electron chi connectivity index (χ1n) is 11.6. The normalized spacial score (nSPS) is 51.1. The van der Waals surface area contributed by atoms with Gasteiger partial charge in [0, 0.05) is 29.1 Å². The Bertz CT molecular complexity index is 910. The SMILES string of the molecule is CCCC(=O)OC1C(=O)OC2C[C@H]3C(C)=CC(=O)C(O)C3(C)[C@H]3C(O)[C@H](O)[C@](C)(O)C1C23C. The van der Waals surface area contributed by atoms with Crippen LogP contribution in [0.1, 0.15) is 53.9 Å². The number of aliphatic hydroxyl groups excluding tert-OH is 3. The molecule has 0 bridgehead atoms. The lowest BCUT2D eigenvalue weighted by Gasteiger charge is -2.70. The smallest absolute Gasteiger partial charge is 0.348 e. The molecular weight excluding hydrogens is 432 g/mol. The number of carbonyl (C=O) groups excluding carboxylic acids is 3. The van der Waals surface area contributed by atoms with E-state index in [9.17, 15) is 34.8 Å². The second-order valence-corrected chi connectivity index (χ2v) is 10.9. The predicted molar refractivity (Wildman–Crippen MR) is 113 cm³/mol. The van der Waals surface area contributed by atoms with E-state index >= 15 is 0 Å². The van der Waals surface area contributed by atoms with Gasteiger partial charge in [-0.15, -0.1) is 0 Å². The average Bonchev–Trinajstić information content (AvgIpc) is 2.71. The molecule has 3 aliphatic carbocycles. The molecule has 33 heavy (non-hydrogen) atoms. The van der Waals surface area contributed by atoms with Gasteiger partial charge in [-0.05, 0) is 38.7 Å². The van der Waals surface area contributed by atoms with Crippen molar-refractivity contribution in [3.8, 4) is 0 Å². The maximum atomic E-state index is 13.1. The van der Waals surface area contributed by atoms with Gasteiger partial charge in [0.2, 0.25) is 6.10 Å². The first-order chi connectivity index (χ1) is 15.2. The third-order valence-electron chi connectivity index (χ3n) is 9.08. The van der Waals surface area contributed by atoms with E-state index in [0.29, 0.717) is 12.0 Å². The van der Waals surface area contributed by atoms with E-state index in [1.165, 1.54) is 13.0 Å². The molecule has 0 amide bonds. The van der Waals surface area contributed by atoms with E-state index < -0.39 is 82.4 Å². The van der Waals surface area contributed by atoms with Crippen molar-refractivity contribution < 1.29 is 44.3 Å². The van der Waals surface area contributed by atoms with E-state index in [1.54, 1.807) is 27.7 Å². The minimum absolute atomic E-state index is 0.0599. The number of ether oxygens (including phenoxy) is 2. The summed E-state index contributed by atoms with van der Waals surface area (Å²) >= 11 is 0. The van der Waals surface area contributed by atoms with Crippen LogP contribution in [0.3, 0.4) is 0 Å². The Morgan fingerprint density at radius 2 is 1.79 bits per heavy atom. The third-order valence-corrected chi connectivity index (χ3v) is 9.08. The number of allylic oxidation sites excluding steroid dienone is 1. The Hall–Kier alpha value is -1.81. The van der Waals surface area contributed by atoms with Gasteiger partial charge in [-0.3, -0.25) is 9.59 Å². The quantitative estimate of drug-likeness (QED) is 0.430. The van der Waals surface area contributed by atoms with E-state index in [2.05, 4.69) is 0 Å². The summed E-state index contributed by atoms with van der Waals surface area (Å²) in [5, 5.41) is 45.0. The minimum atomic E-state index is -2.02. The van der Waals surface area contributed by atoms with Gasteiger partial charge in [-0.25, -0.2) is 4.79 Å². The van der Waals surface area contributed by atoms with Crippen molar-refractivity contribution in [3.05, 3.63) is 11.6 Å². The number of esters is 2. The van der Waals surface area contributed by atoms with Crippen LogP contribution in [0.2, 0.25) is 0 Å². The molecule has 0 radical (unpaired) electrons. The van der Waals surface area contributed by atoms with Crippen LogP contribution in [0.25, 0.3) is 0 Å². The Morgan fingerprint density at radius 1 is 1.15 bits per heavy atom. The van der Waals surface area contributed by atoms with Crippen molar-refractivity contribution in [3.63, 3.8) is 0 Å². The van der Waals surface area contributed by atoms with E-state index in [4.69, 9.17) is 9.47 Å². The van der Waals surface area contributed by atoms with Gasteiger partial charge in [0.05, 0.1) is 11.7 Å². The highest BCUT2D eigenvalue weighted by atomic mass is 16.6. The average molecular weight is 467 g/mol. The van der Waals surface area contributed by atoms with E-state index in [1.807, 2.05) is 0 Å². The van der Waals surface area contributed by atoms with Gasteiger partial charge >= 0.3 is 11.9 Å². The van der Waals surface area contributed by atoms with Crippen LogP contribution in [0.5, 0.6) is 0 Å².